The number of hydrogen-bond acceptors (Lipinski definition) is 1. The molecule has 0 aliphatic heterocycles. The molecule has 0 radical (unpaired) electrons. The number of halogens is 12. The first-order chi connectivity index (χ1) is 10.8. The fourth-order valence-corrected chi connectivity index (χ4v) is 1.50. The molecule has 13 heteroatoms. The largest absolute Gasteiger partial charge is 0.455 e. The molecule has 0 aromatic heterocycles. The lowest BCUT2D eigenvalue weighted by atomic mass is 10.0. The van der Waals surface area contributed by atoms with Crippen molar-refractivity contribution in [2.75, 3.05) is 0 Å². The van der Waals surface area contributed by atoms with Crippen molar-refractivity contribution in [2.24, 2.45) is 0 Å². The molecule has 1 nitrogen and oxygen atoms in total. The van der Waals surface area contributed by atoms with Crippen molar-refractivity contribution >= 4 is 0 Å². The maximum Gasteiger partial charge on any atom is 0.455 e. The quantitative estimate of drug-likeness (QED) is 0.367. The highest BCUT2D eigenvalue weighted by Gasteiger charge is 2.82. The smallest absolute Gasteiger partial charge is 0.284 e. The summed E-state index contributed by atoms with van der Waals surface area (Å²) in [5, 5.41) is 0. The Hall–Kier alpha value is -1.40. The lowest BCUT2D eigenvalue weighted by Gasteiger charge is -2.42. The standard InChI is InChI=1S/C12H10F12O/c1-3-5-7(13,14)9(17,11(19,20)21)25-10(18,12(22,23)24)8(15,16)6-4-2/h3-4H,1-2,5-6H2. The van der Waals surface area contributed by atoms with Crippen LogP contribution in [0.3, 0.4) is 0 Å². The Kier molecular flexibility index (Phi) is 6.35. The van der Waals surface area contributed by atoms with Crippen molar-refractivity contribution in [1.82, 2.24) is 0 Å². The van der Waals surface area contributed by atoms with Crippen LogP contribution < -0.4 is 0 Å². The van der Waals surface area contributed by atoms with Crippen molar-refractivity contribution in [3.05, 3.63) is 25.3 Å². The summed E-state index contributed by atoms with van der Waals surface area (Å²) in [6.07, 6.45) is -18.7. The number of hydrogen-bond donors (Lipinski definition) is 0. The summed E-state index contributed by atoms with van der Waals surface area (Å²) in [4.78, 5) is 0. The molecule has 0 saturated carbocycles. The summed E-state index contributed by atoms with van der Waals surface area (Å²) >= 11 is 0. The zero-order valence-electron chi connectivity index (χ0n) is 11.9. The Morgan fingerprint density at radius 1 is 0.560 bits per heavy atom. The Bertz CT molecular complexity index is 449. The number of rotatable bonds is 8. The van der Waals surface area contributed by atoms with Crippen LogP contribution in [0.5, 0.6) is 0 Å². The zero-order chi connectivity index (χ0) is 20.5. The van der Waals surface area contributed by atoms with E-state index in [9.17, 15) is 52.7 Å². The predicted molar refractivity (Wildman–Crippen MR) is 60.4 cm³/mol. The molecule has 0 spiro atoms. The highest BCUT2D eigenvalue weighted by molar-refractivity contribution is 5.03. The Balaban J connectivity index is 6.50. The van der Waals surface area contributed by atoms with Crippen LogP contribution in [0.2, 0.25) is 0 Å². The van der Waals surface area contributed by atoms with E-state index in [4.69, 9.17) is 0 Å². The third-order valence-corrected chi connectivity index (χ3v) is 2.75. The molecular formula is C12H10F12O. The van der Waals surface area contributed by atoms with Gasteiger partial charge < -0.3 is 0 Å². The molecule has 25 heavy (non-hydrogen) atoms. The molecule has 0 bridgehead atoms. The summed E-state index contributed by atoms with van der Waals surface area (Å²) in [5.41, 5.74) is 0. The van der Waals surface area contributed by atoms with Gasteiger partial charge >= 0.3 is 35.9 Å². The molecule has 0 aromatic rings. The fraction of sp³-hybridized carbons (Fsp3) is 0.667. The monoisotopic (exact) mass is 398 g/mol. The molecule has 0 aromatic carbocycles. The van der Waals surface area contributed by atoms with Gasteiger partial charge in [-0.2, -0.15) is 52.7 Å². The minimum Gasteiger partial charge on any atom is -0.284 e. The van der Waals surface area contributed by atoms with E-state index in [1.54, 1.807) is 0 Å². The zero-order valence-corrected chi connectivity index (χ0v) is 11.9. The molecule has 0 rings (SSSR count). The van der Waals surface area contributed by atoms with E-state index in [-0.39, 0.29) is 12.2 Å². The Labute approximate surface area is 132 Å². The lowest BCUT2D eigenvalue weighted by Crippen LogP contribution is -2.67. The first-order valence-electron chi connectivity index (χ1n) is 6.02. The maximum atomic E-state index is 13.8. The SMILES string of the molecule is C=CCC(F)(F)C(F)(OC(F)(C(F)(F)F)C(F)(F)CC=C)C(F)(F)F. The second kappa shape index (κ2) is 6.72. The first kappa shape index (κ1) is 23.6. The van der Waals surface area contributed by atoms with Crippen LogP contribution in [0, 0.1) is 0 Å². The highest BCUT2D eigenvalue weighted by Crippen LogP contribution is 2.56. The molecule has 0 heterocycles. The van der Waals surface area contributed by atoms with Gasteiger partial charge in [0.2, 0.25) is 0 Å². The Morgan fingerprint density at radius 3 is 0.960 bits per heavy atom. The van der Waals surface area contributed by atoms with Crippen molar-refractivity contribution in [2.45, 2.75) is 48.7 Å². The second-order valence-electron chi connectivity index (χ2n) is 4.68. The minimum absolute atomic E-state index is 0.0567. The topological polar surface area (TPSA) is 9.23 Å². The molecule has 148 valence electrons. The van der Waals surface area contributed by atoms with Crippen molar-refractivity contribution < 1.29 is 57.4 Å². The number of alkyl halides is 12. The van der Waals surface area contributed by atoms with Crippen molar-refractivity contribution in [3.63, 3.8) is 0 Å². The third kappa shape index (κ3) is 4.06. The van der Waals surface area contributed by atoms with Gasteiger partial charge in [-0.3, -0.25) is 4.74 Å². The molecule has 2 atom stereocenters. The van der Waals surface area contributed by atoms with E-state index in [1.807, 2.05) is 0 Å². The van der Waals surface area contributed by atoms with Gasteiger partial charge in [0.15, 0.2) is 0 Å². The van der Waals surface area contributed by atoms with E-state index in [2.05, 4.69) is 17.9 Å². The second-order valence-corrected chi connectivity index (χ2v) is 4.68. The molecule has 0 aliphatic carbocycles. The van der Waals surface area contributed by atoms with Gasteiger partial charge in [-0.05, 0) is 0 Å². The van der Waals surface area contributed by atoms with Gasteiger partial charge in [0.05, 0.1) is 0 Å². The van der Waals surface area contributed by atoms with Crippen LogP contribution in [0.4, 0.5) is 52.7 Å². The summed E-state index contributed by atoms with van der Waals surface area (Å²) < 4.78 is 159. The van der Waals surface area contributed by atoms with E-state index >= 15 is 0 Å². The van der Waals surface area contributed by atoms with Crippen LogP contribution >= 0.6 is 0 Å². The summed E-state index contributed by atoms with van der Waals surface area (Å²) in [6, 6.07) is 0. The summed E-state index contributed by atoms with van der Waals surface area (Å²) in [7, 11) is 0. The Morgan fingerprint density at radius 2 is 0.800 bits per heavy atom. The van der Waals surface area contributed by atoms with Crippen LogP contribution in [0.25, 0.3) is 0 Å². The minimum atomic E-state index is -7.01. The summed E-state index contributed by atoms with van der Waals surface area (Å²) in [6.45, 7) is 5.04. The third-order valence-electron chi connectivity index (χ3n) is 2.75. The number of ether oxygens (including phenoxy) is 1. The van der Waals surface area contributed by atoms with Crippen molar-refractivity contribution in [3.8, 4) is 0 Å². The predicted octanol–water partition coefficient (Wildman–Crippen LogP) is 5.88. The van der Waals surface area contributed by atoms with Crippen molar-refractivity contribution in [1.29, 1.82) is 0 Å². The van der Waals surface area contributed by atoms with Crippen LogP contribution in [-0.2, 0) is 4.74 Å². The maximum absolute atomic E-state index is 13.8. The molecular weight excluding hydrogens is 388 g/mol. The van der Waals surface area contributed by atoms with Gasteiger partial charge in [-0.1, -0.05) is 12.2 Å². The van der Waals surface area contributed by atoms with E-state index in [0.717, 1.165) is 0 Å². The molecule has 0 saturated heterocycles. The highest BCUT2D eigenvalue weighted by atomic mass is 19.4. The van der Waals surface area contributed by atoms with Gasteiger partial charge in [0.1, 0.15) is 0 Å². The molecule has 0 aliphatic rings. The van der Waals surface area contributed by atoms with Crippen LogP contribution in [0.1, 0.15) is 12.8 Å². The van der Waals surface area contributed by atoms with E-state index in [0.29, 0.717) is 0 Å². The molecule has 0 N–H and O–H groups in total. The first-order valence-corrected chi connectivity index (χ1v) is 6.02. The molecule has 0 fully saturated rings. The number of allylic oxidation sites excluding steroid dienone is 2. The van der Waals surface area contributed by atoms with E-state index in [1.165, 1.54) is 0 Å². The lowest BCUT2D eigenvalue weighted by molar-refractivity contribution is -0.499. The van der Waals surface area contributed by atoms with Gasteiger partial charge in [0, 0.05) is 12.8 Å². The normalized spacial score (nSPS) is 19.0. The van der Waals surface area contributed by atoms with Gasteiger partial charge in [0.25, 0.3) is 0 Å². The molecule has 0 amide bonds. The van der Waals surface area contributed by atoms with Crippen LogP contribution in [0.15, 0.2) is 25.3 Å². The average molecular weight is 398 g/mol. The summed E-state index contributed by atoms with van der Waals surface area (Å²) in [5.74, 6) is -25.3. The average Bonchev–Trinajstić information content (AvgIpc) is 2.35. The van der Waals surface area contributed by atoms with Crippen LogP contribution in [-0.4, -0.2) is 35.9 Å². The van der Waals surface area contributed by atoms with E-state index < -0.39 is 48.7 Å². The molecule has 2 unspecified atom stereocenters. The van der Waals surface area contributed by atoms with Gasteiger partial charge in [-0.15, -0.1) is 13.2 Å². The van der Waals surface area contributed by atoms with Gasteiger partial charge in [-0.25, -0.2) is 0 Å². The fourth-order valence-electron chi connectivity index (χ4n) is 1.50.